The van der Waals surface area contributed by atoms with Gasteiger partial charge in [-0.2, -0.15) is 0 Å². The van der Waals surface area contributed by atoms with Gasteiger partial charge in [-0.3, -0.25) is 24.5 Å². The van der Waals surface area contributed by atoms with Crippen molar-refractivity contribution in [1.29, 1.82) is 0 Å². The molecule has 2 aromatic heterocycles. The first-order valence-corrected chi connectivity index (χ1v) is 13.6. The minimum atomic E-state index is -0.456. The molecule has 9 nitrogen and oxygen atoms in total. The second-order valence-corrected chi connectivity index (χ2v) is 10.0. The maximum absolute atomic E-state index is 12.4. The molecule has 0 amide bonds. The molecule has 39 heavy (non-hydrogen) atoms. The number of nitro benzene ring substituents is 1. The monoisotopic (exact) mass is 543 g/mol. The topological polar surface area (TPSA) is 113 Å². The molecule has 0 saturated heterocycles. The molecule has 10 heteroatoms. The number of nitro groups is 1. The summed E-state index contributed by atoms with van der Waals surface area (Å²) in [7, 11) is 0. The van der Waals surface area contributed by atoms with Crippen molar-refractivity contribution in [2.24, 2.45) is 0 Å². The van der Waals surface area contributed by atoms with E-state index in [4.69, 9.17) is 4.74 Å². The molecule has 0 N–H and O–H groups in total. The van der Waals surface area contributed by atoms with Crippen molar-refractivity contribution in [3.63, 3.8) is 0 Å². The number of rotatable bonds is 13. The third-order valence-electron chi connectivity index (χ3n) is 5.83. The van der Waals surface area contributed by atoms with Crippen LogP contribution in [0.1, 0.15) is 48.7 Å². The van der Waals surface area contributed by atoms with Crippen LogP contribution in [-0.2, 0) is 0 Å². The fourth-order valence-corrected chi connectivity index (χ4v) is 4.85. The first kappa shape index (κ1) is 27.7. The number of ketones is 1. The van der Waals surface area contributed by atoms with E-state index in [2.05, 4.69) is 33.6 Å². The Morgan fingerprint density at radius 3 is 2.41 bits per heavy atom. The molecule has 4 aromatic rings. The van der Waals surface area contributed by atoms with Gasteiger partial charge in [0.2, 0.25) is 0 Å². The number of hydrogen-bond acceptors (Lipinski definition) is 8. The highest BCUT2D eigenvalue weighted by atomic mass is 32.2. The van der Waals surface area contributed by atoms with Gasteiger partial charge in [-0.15, -0.1) is 10.2 Å². The van der Waals surface area contributed by atoms with Gasteiger partial charge >= 0.3 is 0 Å². The number of hydrogen-bond donors (Lipinski definition) is 0. The molecule has 200 valence electrons. The Balaban J connectivity index is 1.20. The lowest BCUT2D eigenvalue weighted by molar-refractivity contribution is -0.384. The Bertz CT molecular complexity index is 1420. The minimum Gasteiger partial charge on any atom is -0.494 e. The van der Waals surface area contributed by atoms with E-state index in [9.17, 15) is 14.9 Å². The van der Waals surface area contributed by atoms with Crippen LogP contribution >= 0.6 is 11.8 Å². The molecule has 0 spiro atoms. The Hall–Kier alpha value is -4.31. The maximum atomic E-state index is 12.4. The van der Waals surface area contributed by atoms with Crippen LogP contribution < -0.4 is 4.74 Å². The highest BCUT2D eigenvalue weighted by Crippen LogP contribution is 2.28. The molecule has 0 aliphatic carbocycles. The highest BCUT2D eigenvalue weighted by molar-refractivity contribution is 7.99. The fraction of sp³-hybridized carbons (Fsp3) is 0.241. The number of ether oxygens (including phenoxy) is 1. The van der Waals surface area contributed by atoms with Crippen molar-refractivity contribution < 1.29 is 14.5 Å². The molecule has 0 aliphatic rings. The van der Waals surface area contributed by atoms with E-state index in [-0.39, 0.29) is 17.5 Å². The van der Waals surface area contributed by atoms with Crippen LogP contribution in [0.4, 0.5) is 5.69 Å². The van der Waals surface area contributed by atoms with Gasteiger partial charge in [0.1, 0.15) is 5.75 Å². The van der Waals surface area contributed by atoms with E-state index in [1.54, 1.807) is 66.6 Å². The zero-order chi connectivity index (χ0) is 27.6. The Morgan fingerprint density at radius 2 is 1.74 bits per heavy atom. The molecular weight excluding hydrogens is 514 g/mol. The quantitative estimate of drug-likeness (QED) is 0.0458. The summed E-state index contributed by atoms with van der Waals surface area (Å²) in [5, 5.41) is 20.5. The number of aromatic nitrogens is 4. The van der Waals surface area contributed by atoms with Crippen molar-refractivity contribution in [2.75, 3.05) is 12.4 Å². The molecule has 0 fully saturated rings. The Morgan fingerprint density at radius 1 is 1.03 bits per heavy atom. The molecule has 2 aromatic carbocycles. The third-order valence-corrected chi connectivity index (χ3v) is 6.86. The van der Waals surface area contributed by atoms with Gasteiger partial charge in [-0.05, 0) is 86.9 Å². The summed E-state index contributed by atoms with van der Waals surface area (Å²) < 4.78 is 8.00. The van der Waals surface area contributed by atoms with E-state index in [1.165, 1.54) is 18.2 Å². The lowest BCUT2D eigenvalue weighted by Crippen LogP contribution is -2.05. The summed E-state index contributed by atoms with van der Waals surface area (Å²) in [6.07, 6.45) is 8.46. The number of allylic oxidation sites excluding steroid dienone is 1. The van der Waals surface area contributed by atoms with Crippen LogP contribution in [0, 0.1) is 10.1 Å². The number of thioether (sulfide) groups is 1. The van der Waals surface area contributed by atoms with E-state index in [0.717, 1.165) is 35.1 Å². The van der Waals surface area contributed by atoms with E-state index in [1.807, 2.05) is 12.1 Å². The Labute approximate surface area is 231 Å². The standard InChI is InChI=1S/C29H29N5O4S/c1-21(2)33-28(24-15-17-30-18-16-24)31-32-29(33)39-20-4-3-19-38-26-12-8-23(9-13-26)27(35)14-7-22-5-10-25(11-6-22)34(36)37/h5-18,21H,3-4,19-20H2,1-2H3/b14-7+. The molecule has 0 aliphatic heterocycles. The minimum absolute atomic E-state index is 0.0129. The zero-order valence-electron chi connectivity index (χ0n) is 21.8. The molecule has 0 atom stereocenters. The van der Waals surface area contributed by atoms with Crippen LogP contribution in [-0.4, -0.2) is 42.8 Å². The van der Waals surface area contributed by atoms with Gasteiger partial charge in [-0.25, -0.2) is 0 Å². The summed E-state index contributed by atoms with van der Waals surface area (Å²) in [5.74, 6) is 2.30. The van der Waals surface area contributed by atoms with Crippen LogP contribution in [0.2, 0.25) is 0 Å². The van der Waals surface area contributed by atoms with Crippen LogP contribution in [0.5, 0.6) is 5.75 Å². The van der Waals surface area contributed by atoms with Crippen molar-refractivity contribution in [1.82, 2.24) is 19.7 Å². The second-order valence-electron chi connectivity index (χ2n) is 8.98. The second kappa shape index (κ2) is 13.5. The third kappa shape index (κ3) is 7.61. The number of carbonyl (C=O) groups excluding carboxylic acids is 1. The lowest BCUT2D eigenvalue weighted by Gasteiger charge is -2.13. The predicted octanol–water partition coefficient (Wildman–Crippen LogP) is 6.68. The molecule has 0 radical (unpaired) electrons. The van der Waals surface area contributed by atoms with Gasteiger partial charge in [0.15, 0.2) is 16.8 Å². The van der Waals surface area contributed by atoms with E-state index in [0.29, 0.717) is 23.5 Å². The summed E-state index contributed by atoms with van der Waals surface area (Å²) in [6, 6.07) is 17.2. The SMILES string of the molecule is CC(C)n1c(SCCCCOc2ccc(C(=O)/C=C/c3ccc([N+](=O)[O-])cc3)cc2)nnc1-c1ccncc1. The van der Waals surface area contributed by atoms with Crippen molar-refractivity contribution in [3.05, 3.63) is 100 Å². The average molecular weight is 544 g/mol. The van der Waals surface area contributed by atoms with Crippen LogP contribution in [0.3, 0.4) is 0 Å². The molecule has 0 unspecified atom stereocenters. The van der Waals surface area contributed by atoms with Crippen LogP contribution in [0.15, 0.2) is 84.3 Å². The van der Waals surface area contributed by atoms with E-state index >= 15 is 0 Å². The number of nitrogens with zero attached hydrogens (tertiary/aromatic N) is 5. The average Bonchev–Trinajstić information content (AvgIpc) is 3.39. The molecular formula is C29H29N5O4S. The number of benzene rings is 2. The van der Waals surface area contributed by atoms with Gasteiger partial charge < -0.3 is 4.74 Å². The largest absolute Gasteiger partial charge is 0.494 e. The molecule has 0 saturated carbocycles. The fourth-order valence-electron chi connectivity index (χ4n) is 3.79. The number of pyridine rings is 1. The highest BCUT2D eigenvalue weighted by Gasteiger charge is 2.16. The van der Waals surface area contributed by atoms with Crippen molar-refractivity contribution in [3.8, 4) is 17.1 Å². The number of non-ortho nitro benzene ring substituents is 1. The molecule has 2 heterocycles. The van der Waals surface area contributed by atoms with Gasteiger partial charge in [-0.1, -0.05) is 17.8 Å². The molecule has 4 rings (SSSR count). The van der Waals surface area contributed by atoms with Crippen LogP contribution in [0.25, 0.3) is 17.5 Å². The van der Waals surface area contributed by atoms with E-state index < -0.39 is 4.92 Å². The molecule has 0 bridgehead atoms. The number of unbranched alkanes of at least 4 members (excludes halogenated alkanes) is 1. The summed E-state index contributed by atoms with van der Waals surface area (Å²) in [4.78, 5) is 26.8. The summed E-state index contributed by atoms with van der Waals surface area (Å²) in [5.41, 5.74) is 2.27. The normalized spacial score (nSPS) is 11.3. The summed E-state index contributed by atoms with van der Waals surface area (Å²) in [6.45, 7) is 4.83. The summed E-state index contributed by atoms with van der Waals surface area (Å²) >= 11 is 1.69. The van der Waals surface area contributed by atoms with Gasteiger partial charge in [0, 0.05) is 47.4 Å². The lowest BCUT2D eigenvalue weighted by atomic mass is 10.1. The first-order valence-electron chi connectivity index (χ1n) is 12.6. The van der Waals surface area contributed by atoms with Gasteiger partial charge in [0.05, 0.1) is 11.5 Å². The van der Waals surface area contributed by atoms with Crippen molar-refractivity contribution in [2.45, 2.75) is 37.9 Å². The number of carbonyl (C=O) groups is 1. The van der Waals surface area contributed by atoms with Crippen molar-refractivity contribution >= 4 is 29.3 Å². The smallest absolute Gasteiger partial charge is 0.269 e. The first-order chi connectivity index (χ1) is 18.9. The van der Waals surface area contributed by atoms with Gasteiger partial charge in [0.25, 0.3) is 5.69 Å². The predicted molar refractivity (Wildman–Crippen MR) is 152 cm³/mol. The zero-order valence-corrected chi connectivity index (χ0v) is 22.6. The Kier molecular flexibility index (Phi) is 9.58. The maximum Gasteiger partial charge on any atom is 0.269 e.